The molecule has 36 nitrogen and oxygen atoms in total. The van der Waals surface area contributed by atoms with Crippen molar-refractivity contribution in [3.05, 3.63) is 152 Å². The van der Waals surface area contributed by atoms with E-state index in [1.54, 1.807) is 26.0 Å². The fourth-order valence-corrected chi connectivity index (χ4v) is 14.1. The van der Waals surface area contributed by atoms with Gasteiger partial charge in [-0.3, -0.25) is 33.6 Å². The van der Waals surface area contributed by atoms with Gasteiger partial charge in [0.2, 0.25) is 53.4 Å². The number of carbonyl (C=O) groups excluding carboxylic acids is 7. The van der Waals surface area contributed by atoms with Gasteiger partial charge < -0.3 is 138 Å². The van der Waals surface area contributed by atoms with Crippen LogP contribution in [0.25, 0.3) is 11.1 Å². The van der Waals surface area contributed by atoms with Crippen molar-refractivity contribution in [2.24, 2.45) is 11.7 Å². The van der Waals surface area contributed by atoms with Crippen LogP contribution in [0.4, 0.5) is 0 Å². The van der Waals surface area contributed by atoms with Crippen LogP contribution < -0.4 is 62.5 Å². The molecule has 7 amide bonds. The van der Waals surface area contributed by atoms with Crippen molar-refractivity contribution < 1.29 is 132 Å². The number of aromatic hydroxyl groups is 3. The Morgan fingerprint density at radius 3 is 1.87 bits per heavy atom. The quantitative estimate of drug-likeness (QED) is 0.0387. The van der Waals surface area contributed by atoms with Gasteiger partial charge in [-0.1, -0.05) is 85.1 Å². The van der Waals surface area contributed by atoms with E-state index in [-0.39, 0.29) is 47.9 Å². The number of phenols is 3. The maximum absolute atomic E-state index is 16.2. The molecule has 18 atom stereocenters. The maximum atomic E-state index is 16.2. The summed E-state index contributed by atoms with van der Waals surface area (Å²) in [6.45, 7) is 10.0. The molecule has 6 aromatic carbocycles. The number of carboxylic acid groups (broad SMARTS) is 2. The van der Waals surface area contributed by atoms with Gasteiger partial charge >= 0.3 is 11.9 Å². The molecule has 21 N–H and O–H groups in total. The summed E-state index contributed by atoms with van der Waals surface area (Å²) in [5, 5.41) is 145. The minimum absolute atomic E-state index is 0.0513. The Morgan fingerprint density at radius 1 is 0.681 bits per heavy atom. The molecule has 0 radical (unpaired) electrons. The zero-order valence-electron chi connectivity index (χ0n) is 63.6. The third-order valence-corrected chi connectivity index (χ3v) is 20.5. The van der Waals surface area contributed by atoms with Crippen LogP contribution >= 0.6 is 23.2 Å². The predicted octanol–water partition coefficient (Wildman–Crippen LogP) is 2.35. The molecule has 1 saturated heterocycles. The van der Waals surface area contributed by atoms with Gasteiger partial charge in [0.25, 0.3) is 0 Å². The minimum Gasteiger partial charge on any atom is -0.508 e. The van der Waals surface area contributed by atoms with Crippen molar-refractivity contribution in [3.63, 3.8) is 0 Å². The molecule has 116 heavy (non-hydrogen) atoms. The molecule has 11 bridgehead atoms. The highest BCUT2D eigenvalue weighted by atomic mass is 35.5. The summed E-state index contributed by atoms with van der Waals surface area (Å²) in [4.78, 5) is 130. The number of phenolic OH excluding ortho intramolecular Hbond substituents is 3. The summed E-state index contributed by atoms with van der Waals surface area (Å²) < 4.78 is 44.5. The number of aliphatic hydroxyl groups is 6. The Labute approximate surface area is 672 Å². The molecular formula is C78H91Cl2N9O27. The van der Waals surface area contributed by atoms with E-state index in [1.165, 1.54) is 33.0 Å². The number of amides is 7. The summed E-state index contributed by atoms with van der Waals surface area (Å²) in [5.41, 5.74) is 3.12. The third kappa shape index (κ3) is 20.3. The molecule has 0 aliphatic carbocycles. The molecular weight excluding hydrogens is 1570 g/mol. The lowest BCUT2D eigenvalue weighted by molar-refractivity contribution is -0.320. The van der Waals surface area contributed by atoms with Gasteiger partial charge in [-0.15, -0.1) is 0 Å². The second-order valence-electron chi connectivity index (χ2n) is 29.4. The Bertz CT molecular complexity index is 4690. The Balaban J connectivity index is 1.15. The summed E-state index contributed by atoms with van der Waals surface area (Å²) in [6, 6.07) is 6.18. The normalized spacial score (nSPS) is 24.4. The molecule has 6 aromatic rings. The number of fused-ring (bicyclic) bond motifs is 15. The number of benzene rings is 6. The number of carbonyl (C=O) groups is 9. The molecule has 624 valence electrons. The molecule has 0 aromatic heterocycles. The second-order valence-corrected chi connectivity index (χ2v) is 30.2. The van der Waals surface area contributed by atoms with Crippen LogP contribution in [-0.2, 0) is 68.7 Å². The zero-order valence-corrected chi connectivity index (χ0v) is 65.1. The first-order chi connectivity index (χ1) is 54.7. The van der Waals surface area contributed by atoms with Crippen LogP contribution in [0.5, 0.6) is 46.0 Å². The molecule has 38 heteroatoms. The summed E-state index contributed by atoms with van der Waals surface area (Å²) in [5.74, 6) is -17.7. The van der Waals surface area contributed by atoms with Crippen molar-refractivity contribution >= 4 is 76.5 Å². The first kappa shape index (κ1) is 87.8. The van der Waals surface area contributed by atoms with Crippen LogP contribution in [0.3, 0.4) is 0 Å². The number of primary amides is 1. The number of carboxylic acids is 2. The van der Waals surface area contributed by atoms with E-state index in [9.17, 15) is 84.9 Å². The lowest BCUT2D eigenvalue weighted by atomic mass is 9.89. The highest BCUT2D eigenvalue weighted by Crippen LogP contribution is 2.50. The molecule has 6 aliphatic rings. The molecule has 6 aliphatic heterocycles. The minimum atomic E-state index is -2.39. The average Bonchev–Trinajstić information content (AvgIpc) is 0.764. The number of ether oxygens (including phenoxy) is 7. The zero-order chi connectivity index (χ0) is 84.8. The van der Waals surface area contributed by atoms with Gasteiger partial charge in [-0.25, -0.2) is 9.59 Å². The van der Waals surface area contributed by atoms with Crippen LogP contribution in [0.1, 0.15) is 124 Å². The van der Waals surface area contributed by atoms with E-state index >= 15 is 14.4 Å². The molecule has 12 rings (SSSR count). The van der Waals surface area contributed by atoms with Gasteiger partial charge in [0.15, 0.2) is 36.0 Å². The standard InChI is InChI=1S/C78H91Cl2N9O27/c1-31(2)19-45(82-8)69(100)88-60-62(95)37-14-17-49(43(79)21-37)113-51-23-39-24-52(66(51)116-77-67(65(98)64(97)54(29-90)115-77)112-34(5)111-33(4)68(99)78(6,7)83-28-53(75(106)107)110-30-35-11-9-32(3)10-12-35)114-50-18-15-38(22-44(50)80)63(96)61-74(105)87-59(76(108)109)42-25-40(91)26-48(93)56(42)41-20-36(13-16-47(41)92)57(71(102)89-61)86-72(103)58(39)85-70(101)46(27-55(81)94)84-73(60)104/h9-18,20-26,31,33-34,45-46,53-54,57-65,67-68,77,82-83,90-93,95-99H,19,27-30H2,1-8H3,(H2,81,94)(H,84,104)(H,85,101)(H,86,103)(H,87,105)(H,88,100)(H,89,102)(H,106,107)(H,108,109)/t33?,34?,45-,46+,53?,54?,57?,58?,59-,60?,61+,62-,63-,64?,65?,67?,68?,77?/m1/s1. The van der Waals surface area contributed by atoms with Crippen molar-refractivity contribution in [1.82, 2.24) is 42.5 Å². The number of rotatable bonds is 24. The van der Waals surface area contributed by atoms with Gasteiger partial charge in [0.1, 0.15) is 89.5 Å². The number of hydrogen-bond donors (Lipinski definition) is 20. The number of aliphatic carboxylic acids is 2. The van der Waals surface area contributed by atoms with Crippen LogP contribution in [-0.4, -0.2) is 215 Å². The van der Waals surface area contributed by atoms with Crippen molar-refractivity contribution in [2.75, 3.05) is 20.2 Å². The van der Waals surface area contributed by atoms with E-state index in [1.807, 2.05) is 32.9 Å². The van der Waals surface area contributed by atoms with Crippen LogP contribution in [0.2, 0.25) is 10.0 Å². The van der Waals surface area contributed by atoms with E-state index in [4.69, 9.17) is 62.1 Å². The van der Waals surface area contributed by atoms with Gasteiger partial charge in [0.05, 0.1) is 47.9 Å². The van der Waals surface area contributed by atoms with E-state index in [0.29, 0.717) is 5.56 Å². The fourth-order valence-electron chi connectivity index (χ4n) is 13.6. The Hall–Kier alpha value is -10.5. The molecule has 1 fully saturated rings. The Kier molecular flexibility index (Phi) is 28.1. The fraction of sp³-hybridized carbons (Fsp3) is 0.423. The van der Waals surface area contributed by atoms with Gasteiger partial charge in [0, 0.05) is 34.8 Å². The lowest BCUT2D eigenvalue weighted by Gasteiger charge is -2.43. The number of halogens is 2. The number of nitrogens with one attached hydrogen (secondary N) is 8. The number of nitrogens with two attached hydrogens (primary N) is 1. The largest absolute Gasteiger partial charge is 0.508 e. The van der Waals surface area contributed by atoms with Crippen LogP contribution in [0, 0.1) is 12.8 Å². The molecule has 0 spiro atoms. The van der Waals surface area contributed by atoms with Crippen LogP contribution in [0.15, 0.2) is 103 Å². The first-order valence-electron chi connectivity index (χ1n) is 36.6. The number of aryl methyl sites for hydroxylation is 1. The van der Waals surface area contributed by atoms with E-state index in [0.717, 1.165) is 72.3 Å². The second kappa shape index (κ2) is 37.2. The highest BCUT2D eigenvalue weighted by molar-refractivity contribution is 6.32. The smallest absolute Gasteiger partial charge is 0.334 e. The SMILES string of the molecule is CN[C@H](CC(C)C)C(=O)NC1C(=O)N[C@@H](CC(N)=O)C(=O)NC2C(=O)NC3C(=O)N[C@H](C(=O)N[C@@H](C(=O)O)c4cc(O)cc(O)c4-c4cc3ccc4O)[C@H](O)c3ccc(c(Cl)c3)Oc3cc2cc(c3OC2OC(CO)C(O)C(O)C2OC(C)OC(C)C(O)C(C)(C)NCC(OCc2ccc(C)cc2)C(=O)O)Oc2ccc(cc2Cl)[C@H]1O. The number of hydrogen-bond acceptors (Lipinski definition) is 27. The summed E-state index contributed by atoms with van der Waals surface area (Å²) in [7, 11) is 1.46. The molecule has 0 saturated carbocycles. The van der Waals surface area contributed by atoms with Crippen molar-refractivity contribution in [3.8, 4) is 57.1 Å². The molecule has 12 unspecified atom stereocenters. The van der Waals surface area contributed by atoms with Gasteiger partial charge in [-0.2, -0.15) is 0 Å². The van der Waals surface area contributed by atoms with Crippen molar-refractivity contribution in [2.45, 2.75) is 183 Å². The summed E-state index contributed by atoms with van der Waals surface area (Å²) >= 11 is 14.2. The van der Waals surface area contributed by atoms with Gasteiger partial charge in [-0.05, 0) is 136 Å². The number of likely N-dealkylation sites (N-methyl/N-ethyl adjacent to an activating group) is 1. The monoisotopic (exact) mass is 1660 g/mol. The maximum Gasteiger partial charge on any atom is 0.334 e. The van der Waals surface area contributed by atoms with E-state index in [2.05, 4.69) is 42.5 Å². The van der Waals surface area contributed by atoms with E-state index < -0.39 is 254 Å². The lowest BCUT2D eigenvalue weighted by Crippen LogP contribution is -2.62. The third-order valence-electron chi connectivity index (χ3n) is 19.9. The summed E-state index contributed by atoms with van der Waals surface area (Å²) in [6.07, 6.45) is -20.8. The number of aliphatic hydroxyl groups excluding tert-OH is 6. The highest BCUT2D eigenvalue weighted by Gasteiger charge is 2.50. The Morgan fingerprint density at radius 2 is 1.28 bits per heavy atom. The van der Waals surface area contributed by atoms with Crippen molar-refractivity contribution in [1.29, 1.82) is 0 Å². The molecule has 6 heterocycles. The average molecular weight is 1660 g/mol. The predicted molar refractivity (Wildman–Crippen MR) is 407 cm³/mol. The first-order valence-corrected chi connectivity index (χ1v) is 37.3. The topological polar surface area (TPSA) is 563 Å².